The van der Waals surface area contributed by atoms with E-state index in [4.69, 9.17) is 15.0 Å². The Morgan fingerprint density at radius 2 is 2.16 bits per heavy atom. The van der Waals surface area contributed by atoms with E-state index in [9.17, 15) is 4.79 Å². The van der Waals surface area contributed by atoms with E-state index >= 15 is 0 Å². The Kier molecular flexibility index (Phi) is 4.48. The van der Waals surface area contributed by atoms with Crippen molar-refractivity contribution >= 4 is 17.7 Å². The van der Waals surface area contributed by atoms with Crippen LogP contribution in [0.25, 0.3) is 0 Å². The Hall–Kier alpha value is -1.92. The number of thioether (sulfide) groups is 1. The average Bonchev–Trinajstić information content (AvgIpc) is 2.93. The minimum absolute atomic E-state index is 0.207. The molecule has 2 aromatic rings. The number of nitrogen functional groups attached to an aromatic ring is 1. The number of furan rings is 1. The molecule has 0 spiro atoms. The summed E-state index contributed by atoms with van der Waals surface area (Å²) >= 11 is 1.58. The lowest BCUT2D eigenvalue weighted by atomic mass is 10.3. The highest BCUT2D eigenvalue weighted by Crippen LogP contribution is 2.31. The zero-order valence-electron chi connectivity index (χ0n) is 10.4. The Bertz CT molecular complexity index is 569. The molecule has 6 heteroatoms. The summed E-state index contributed by atoms with van der Waals surface area (Å²) in [7, 11) is 1.63. The van der Waals surface area contributed by atoms with Crippen LogP contribution in [0.4, 0.5) is 0 Å². The van der Waals surface area contributed by atoms with Crippen LogP contribution in [0.2, 0.25) is 0 Å². The van der Waals surface area contributed by atoms with Crippen LogP contribution in [0.15, 0.2) is 45.7 Å². The first-order valence-electron chi connectivity index (χ1n) is 5.60. The molecule has 0 aliphatic rings. The summed E-state index contributed by atoms with van der Waals surface area (Å²) in [4.78, 5) is 12.3. The van der Waals surface area contributed by atoms with Crippen LogP contribution in [-0.2, 0) is 5.75 Å². The summed E-state index contributed by atoms with van der Waals surface area (Å²) in [6, 6.07) is 11.1. The minimum atomic E-state index is -0.437. The van der Waals surface area contributed by atoms with E-state index in [1.807, 2.05) is 29.7 Å². The average molecular weight is 278 g/mol. The largest absolute Gasteiger partial charge is 0.496 e. The number of methoxy groups -OCH3 is 1. The standard InChI is InChI=1S/C13H14N2O3S/c1-17-10-4-2-3-5-12(10)19-8-9-6-7-11(18-9)13(16)15-14/h2-7H,8,14H2,1H3,(H,15,16). The number of hydrogen-bond donors (Lipinski definition) is 2. The molecule has 0 aliphatic heterocycles. The number of nitrogens with two attached hydrogens (primary N) is 1. The van der Waals surface area contributed by atoms with Crippen molar-refractivity contribution in [2.45, 2.75) is 10.6 Å². The number of hydrazine groups is 1. The topological polar surface area (TPSA) is 77.5 Å². The van der Waals surface area contributed by atoms with Gasteiger partial charge in [0, 0.05) is 4.90 Å². The quantitative estimate of drug-likeness (QED) is 0.379. The number of para-hydroxylation sites is 1. The van der Waals surface area contributed by atoms with Gasteiger partial charge in [-0.05, 0) is 24.3 Å². The Labute approximate surface area is 115 Å². The summed E-state index contributed by atoms with van der Waals surface area (Å²) in [5, 5.41) is 0. The maximum atomic E-state index is 11.2. The number of carbonyl (C=O) groups is 1. The Balaban J connectivity index is 2.02. The molecule has 0 saturated heterocycles. The zero-order chi connectivity index (χ0) is 13.7. The highest BCUT2D eigenvalue weighted by atomic mass is 32.2. The van der Waals surface area contributed by atoms with Gasteiger partial charge in [-0.2, -0.15) is 0 Å². The third-order valence-electron chi connectivity index (χ3n) is 2.46. The van der Waals surface area contributed by atoms with Gasteiger partial charge in [0.2, 0.25) is 0 Å². The fourth-order valence-electron chi connectivity index (χ4n) is 1.54. The van der Waals surface area contributed by atoms with Crippen LogP contribution in [0, 0.1) is 0 Å². The summed E-state index contributed by atoms with van der Waals surface area (Å²) < 4.78 is 10.6. The van der Waals surface area contributed by atoms with Gasteiger partial charge in [0.15, 0.2) is 5.76 Å². The second kappa shape index (κ2) is 6.31. The van der Waals surface area contributed by atoms with Gasteiger partial charge in [0.1, 0.15) is 11.5 Å². The molecule has 19 heavy (non-hydrogen) atoms. The van der Waals surface area contributed by atoms with E-state index in [-0.39, 0.29) is 5.76 Å². The van der Waals surface area contributed by atoms with Crippen LogP contribution in [-0.4, -0.2) is 13.0 Å². The summed E-state index contributed by atoms with van der Waals surface area (Å²) in [6.45, 7) is 0. The van der Waals surface area contributed by atoms with Crippen molar-refractivity contribution in [3.63, 3.8) is 0 Å². The molecular formula is C13H14N2O3S. The highest BCUT2D eigenvalue weighted by molar-refractivity contribution is 7.98. The number of benzene rings is 1. The first-order chi connectivity index (χ1) is 9.24. The number of nitrogens with one attached hydrogen (secondary N) is 1. The smallest absolute Gasteiger partial charge is 0.300 e. The van der Waals surface area contributed by atoms with E-state index in [0.29, 0.717) is 11.5 Å². The van der Waals surface area contributed by atoms with Crippen molar-refractivity contribution < 1.29 is 13.9 Å². The number of ether oxygens (including phenoxy) is 1. The molecule has 0 radical (unpaired) electrons. The van der Waals surface area contributed by atoms with Crippen LogP contribution >= 0.6 is 11.8 Å². The molecule has 1 aromatic carbocycles. The highest BCUT2D eigenvalue weighted by Gasteiger charge is 2.10. The van der Waals surface area contributed by atoms with E-state index in [0.717, 1.165) is 10.6 Å². The van der Waals surface area contributed by atoms with Crippen molar-refractivity contribution in [3.8, 4) is 5.75 Å². The molecule has 1 heterocycles. The molecular weight excluding hydrogens is 264 g/mol. The van der Waals surface area contributed by atoms with Gasteiger partial charge in [-0.3, -0.25) is 10.2 Å². The first-order valence-corrected chi connectivity index (χ1v) is 6.58. The Morgan fingerprint density at radius 1 is 1.37 bits per heavy atom. The molecule has 1 amide bonds. The van der Waals surface area contributed by atoms with Crippen molar-refractivity contribution in [2.75, 3.05) is 7.11 Å². The Morgan fingerprint density at radius 3 is 2.89 bits per heavy atom. The summed E-state index contributed by atoms with van der Waals surface area (Å²) in [5.74, 6) is 6.94. The predicted molar refractivity (Wildman–Crippen MR) is 72.9 cm³/mol. The molecule has 1 aromatic heterocycles. The summed E-state index contributed by atoms with van der Waals surface area (Å²) in [6.07, 6.45) is 0. The van der Waals surface area contributed by atoms with Crippen LogP contribution in [0.3, 0.4) is 0 Å². The fraction of sp³-hybridized carbons (Fsp3) is 0.154. The molecule has 0 fully saturated rings. The summed E-state index contributed by atoms with van der Waals surface area (Å²) in [5.41, 5.74) is 2.03. The van der Waals surface area contributed by atoms with E-state index in [2.05, 4.69) is 0 Å². The predicted octanol–water partition coefficient (Wildman–Crippen LogP) is 2.18. The lowest BCUT2D eigenvalue weighted by Crippen LogP contribution is -2.29. The van der Waals surface area contributed by atoms with Crippen molar-refractivity contribution in [1.29, 1.82) is 0 Å². The van der Waals surface area contributed by atoms with Gasteiger partial charge >= 0.3 is 5.91 Å². The monoisotopic (exact) mass is 278 g/mol. The fourth-order valence-corrected chi connectivity index (χ4v) is 2.46. The zero-order valence-corrected chi connectivity index (χ0v) is 11.2. The van der Waals surface area contributed by atoms with Crippen molar-refractivity contribution in [1.82, 2.24) is 5.43 Å². The number of hydrogen-bond acceptors (Lipinski definition) is 5. The lowest BCUT2D eigenvalue weighted by Gasteiger charge is -2.06. The molecule has 0 aliphatic carbocycles. The van der Waals surface area contributed by atoms with Crippen molar-refractivity contribution in [2.24, 2.45) is 5.84 Å². The minimum Gasteiger partial charge on any atom is -0.496 e. The number of rotatable bonds is 5. The normalized spacial score (nSPS) is 10.2. The van der Waals surface area contributed by atoms with E-state index < -0.39 is 5.91 Å². The van der Waals surface area contributed by atoms with Crippen LogP contribution < -0.4 is 16.0 Å². The molecule has 0 atom stereocenters. The maximum Gasteiger partial charge on any atom is 0.300 e. The van der Waals surface area contributed by atoms with E-state index in [1.165, 1.54) is 0 Å². The maximum absolute atomic E-state index is 11.2. The van der Waals surface area contributed by atoms with Crippen molar-refractivity contribution in [3.05, 3.63) is 47.9 Å². The molecule has 100 valence electrons. The van der Waals surface area contributed by atoms with Gasteiger partial charge in [-0.1, -0.05) is 12.1 Å². The second-order valence-corrected chi connectivity index (χ2v) is 4.70. The first kappa shape index (κ1) is 13.5. The third kappa shape index (κ3) is 3.30. The molecule has 0 saturated carbocycles. The molecule has 2 rings (SSSR count). The van der Waals surface area contributed by atoms with Crippen LogP contribution in [0.5, 0.6) is 5.75 Å². The van der Waals surface area contributed by atoms with Gasteiger partial charge in [0.25, 0.3) is 0 Å². The lowest BCUT2D eigenvalue weighted by molar-refractivity contribution is 0.0924. The van der Waals surface area contributed by atoms with Gasteiger partial charge < -0.3 is 9.15 Å². The third-order valence-corrected chi connectivity index (χ3v) is 3.53. The van der Waals surface area contributed by atoms with Gasteiger partial charge in [-0.25, -0.2) is 5.84 Å². The molecule has 5 nitrogen and oxygen atoms in total. The van der Waals surface area contributed by atoms with Crippen LogP contribution in [0.1, 0.15) is 16.3 Å². The van der Waals surface area contributed by atoms with Gasteiger partial charge in [-0.15, -0.1) is 11.8 Å². The SMILES string of the molecule is COc1ccccc1SCc1ccc(C(=O)NN)o1. The van der Waals surface area contributed by atoms with E-state index in [1.54, 1.807) is 31.0 Å². The number of carbonyl (C=O) groups excluding carboxylic acids is 1. The molecule has 0 bridgehead atoms. The molecule has 3 N–H and O–H groups in total. The van der Waals surface area contributed by atoms with Gasteiger partial charge in [0.05, 0.1) is 12.9 Å². The number of amides is 1. The second-order valence-electron chi connectivity index (χ2n) is 3.68. The molecule has 0 unspecified atom stereocenters.